The lowest BCUT2D eigenvalue weighted by atomic mass is 9.98. The molecule has 130 valence electrons. The molecule has 1 heterocycles. The van der Waals surface area contributed by atoms with Crippen molar-refractivity contribution in [2.24, 2.45) is 5.92 Å². The minimum atomic E-state index is -0.218. The van der Waals surface area contributed by atoms with Gasteiger partial charge in [-0.15, -0.1) is 0 Å². The van der Waals surface area contributed by atoms with Crippen LogP contribution >= 0.6 is 0 Å². The first kappa shape index (κ1) is 18.0. The Morgan fingerprint density at radius 3 is 2.88 bits per heavy atom. The van der Waals surface area contributed by atoms with Crippen molar-refractivity contribution in [3.63, 3.8) is 0 Å². The quantitative estimate of drug-likeness (QED) is 0.615. The van der Waals surface area contributed by atoms with Gasteiger partial charge in [0.05, 0.1) is 19.6 Å². The standard InChI is InChI=1S/C19H25NO4/c1-4-24-19(22)16-6-5-11-20(13-16)18(21)10-8-15-12-14(2)7-9-17(15)23-3/h7-10,12,16H,4-6,11,13H2,1-3H3. The SMILES string of the molecule is CCOC(=O)C1CCCN(C(=O)C=Cc2cc(C)ccc2OC)C1. The number of carbonyl (C=O) groups excluding carboxylic acids is 2. The lowest BCUT2D eigenvalue weighted by molar-refractivity contribution is -0.150. The minimum absolute atomic E-state index is 0.0902. The van der Waals surface area contributed by atoms with Gasteiger partial charge in [-0.2, -0.15) is 0 Å². The van der Waals surface area contributed by atoms with Crippen LogP contribution in [0.1, 0.15) is 30.9 Å². The second-order valence-electron chi connectivity index (χ2n) is 5.95. The average Bonchev–Trinajstić information content (AvgIpc) is 2.60. The summed E-state index contributed by atoms with van der Waals surface area (Å²) in [6.07, 6.45) is 4.90. The van der Waals surface area contributed by atoms with Crippen molar-refractivity contribution < 1.29 is 19.1 Å². The van der Waals surface area contributed by atoms with E-state index in [9.17, 15) is 9.59 Å². The molecule has 1 saturated heterocycles. The van der Waals surface area contributed by atoms with E-state index < -0.39 is 0 Å². The van der Waals surface area contributed by atoms with Crippen LogP contribution in [0, 0.1) is 12.8 Å². The number of piperidine rings is 1. The third kappa shape index (κ3) is 4.60. The van der Waals surface area contributed by atoms with Crippen LogP contribution in [0.25, 0.3) is 6.08 Å². The van der Waals surface area contributed by atoms with Gasteiger partial charge in [-0.05, 0) is 44.9 Å². The first-order valence-electron chi connectivity index (χ1n) is 8.33. The van der Waals surface area contributed by atoms with Crippen LogP contribution in [0.4, 0.5) is 0 Å². The highest BCUT2D eigenvalue weighted by Gasteiger charge is 2.28. The predicted molar refractivity (Wildman–Crippen MR) is 92.7 cm³/mol. The van der Waals surface area contributed by atoms with Crippen molar-refractivity contribution in [2.75, 3.05) is 26.8 Å². The molecule has 1 atom stereocenters. The first-order valence-corrected chi connectivity index (χ1v) is 8.33. The van der Waals surface area contributed by atoms with E-state index in [0.717, 1.165) is 29.7 Å². The van der Waals surface area contributed by atoms with E-state index in [-0.39, 0.29) is 17.8 Å². The molecule has 0 radical (unpaired) electrons. The van der Waals surface area contributed by atoms with E-state index in [0.29, 0.717) is 19.7 Å². The van der Waals surface area contributed by atoms with E-state index in [1.54, 1.807) is 31.1 Å². The van der Waals surface area contributed by atoms with Crippen molar-refractivity contribution in [3.8, 4) is 5.75 Å². The van der Waals surface area contributed by atoms with Gasteiger partial charge in [0.2, 0.25) is 5.91 Å². The summed E-state index contributed by atoms with van der Waals surface area (Å²) in [4.78, 5) is 26.0. The van der Waals surface area contributed by atoms with Gasteiger partial charge in [0.25, 0.3) is 0 Å². The van der Waals surface area contributed by atoms with Crippen LogP contribution in [-0.4, -0.2) is 43.6 Å². The molecular formula is C19H25NO4. The second kappa shape index (κ2) is 8.52. The summed E-state index contributed by atoms with van der Waals surface area (Å²) in [5, 5.41) is 0. The number of esters is 1. The summed E-state index contributed by atoms with van der Waals surface area (Å²) in [5.41, 5.74) is 1.97. The summed E-state index contributed by atoms with van der Waals surface area (Å²) < 4.78 is 10.4. The number of nitrogens with zero attached hydrogens (tertiary/aromatic N) is 1. The molecule has 0 aromatic heterocycles. The average molecular weight is 331 g/mol. The maximum absolute atomic E-state index is 12.4. The Morgan fingerprint density at radius 2 is 2.17 bits per heavy atom. The molecule has 5 heteroatoms. The number of aryl methyl sites for hydroxylation is 1. The molecule has 0 N–H and O–H groups in total. The maximum atomic E-state index is 12.4. The Kier molecular flexibility index (Phi) is 6.41. The topological polar surface area (TPSA) is 55.8 Å². The zero-order valence-corrected chi connectivity index (χ0v) is 14.6. The van der Waals surface area contributed by atoms with E-state index in [2.05, 4.69) is 0 Å². The highest BCUT2D eigenvalue weighted by atomic mass is 16.5. The molecule has 1 aliphatic rings. The lowest BCUT2D eigenvalue weighted by Crippen LogP contribution is -2.42. The van der Waals surface area contributed by atoms with Gasteiger partial charge in [0, 0.05) is 24.7 Å². The molecule has 1 fully saturated rings. The number of hydrogen-bond acceptors (Lipinski definition) is 4. The Morgan fingerprint density at radius 1 is 1.38 bits per heavy atom. The van der Waals surface area contributed by atoms with Gasteiger partial charge in [0.1, 0.15) is 5.75 Å². The largest absolute Gasteiger partial charge is 0.496 e. The van der Waals surface area contributed by atoms with Crippen LogP contribution in [0.15, 0.2) is 24.3 Å². The zero-order chi connectivity index (χ0) is 17.5. The fourth-order valence-electron chi connectivity index (χ4n) is 2.88. The van der Waals surface area contributed by atoms with Crippen LogP contribution in [-0.2, 0) is 14.3 Å². The number of likely N-dealkylation sites (tertiary alicyclic amines) is 1. The fraction of sp³-hybridized carbons (Fsp3) is 0.474. The molecule has 0 bridgehead atoms. The van der Waals surface area contributed by atoms with Crippen molar-refractivity contribution in [1.82, 2.24) is 4.90 Å². The van der Waals surface area contributed by atoms with E-state index in [1.807, 2.05) is 25.1 Å². The number of ether oxygens (including phenoxy) is 2. The maximum Gasteiger partial charge on any atom is 0.310 e. The highest BCUT2D eigenvalue weighted by Crippen LogP contribution is 2.22. The number of carbonyl (C=O) groups is 2. The van der Waals surface area contributed by atoms with Crippen molar-refractivity contribution in [1.29, 1.82) is 0 Å². The van der Waals surface area contributed by atoms with Gasteiger partial charge in [-0.1, -0.05) is 11.6 Å². The molecule has 0 aliphatic carbocycles. The molecule has 0 spiro atoms. The van der Waals surface area contributed by atoms with Crippen LogP contribution in [0.3, 0.4) is 0 Å². The number of hydrogen-bond donors (Lipinski definition) is 0. The minimum Gasteiger partial charge on any atom is -0.496 e. The summed E-state index contributed by atoms with van der Waals surface area (Å²) in [7, 11) is 1.61. The van der Waals surface area contributed by atoms with Crippen LogP contribution in [0.5, 0.6) is 5.75 Å². The normalized spacial score (nSPS) is 17.8. The molecule has 0 saturated carbocycles. The van der Waals surface area contributed by atoms with Crippen molar-refractivity contribution >= 4 is 18.0 Å². The van der Waals surface area contributed by atoms with E-state index >= 15 is 0 Å². The summed E-state index contributed by atoms with van der Waals surface area (Å²) in [6, 6.07) is 5.82. The molecule has 1 unspecified atom stereocenters. The summed E-state index contributed by atoms with van der Waals surface area (Å²) in [6.45, 7) is 5.25. The van der Waals surface area contributed by atoms with Crippen LogP contribution in [0.2, 0.25) is 0 Å². The Bertz CT molecular complexity index is 624. The van der Waals surface area contributed by atoms with Gasteiger partial charge in [0.15, 0.2) is 0 Å². The Balaban J connectivity index is 2.04. The highest BCUT2D eigenvalue weighted by molar-refractivity contribution is 5.92. The second-order valence-corrected chi connectivity index (χ2v) is 5.95. The molecule has 1 aromatic carbocycles. The summed E-state index contributed by atoms with van der Waals surface area (Å²) in [5.74, 6) is 0.212. The number of amides is 1. The molecule has 24 heavy (non-hydrogen) atoms. The van der Waals surface area contributed by atoms with Crippen molar-refractivity contribution in [3.05, 3.63) is 35.4 Å². The molecular weight excluding hydrogens is 306 g/mol. The molecule has 1 aliphatic heterocycles. The lowest BCUT2D eigenvalue weighted by Gasteiger charge is -2.30. The third-order valence-electron chi connectivity index (χ3n) is 4.14. The van der Waals surface area contributed by atoms with Gasteiger partial charge >= 0.3 is 5.97 Å². The van der Waals surface area contributed by atoms with Gasteiger partial charge < -0.3 is 14.4 Å². The van der Waals surface area contributed by atoms with Crippen LogP contribution < -0.4 is 4.74 Å². The number of methoxy groups -OCH3 is 1. The van der Waals surface area contributed by atoms with Gasteiger partial charge in [-0.3, -0.25) is 9.59 Å². The van der Waals surface area contributed by atoms with Crippen molar-refractivity contribution in [2.45, 2.75) is 26.7 Å². The molecule has 2 rings (SSSR count). The first-order chi connectivity index (χ1) is 11.5. The van der Waals surface area contributed by atoms with Gasteiger partial charge in [-0.25, -0.2) is 0 Å². The number of rotatable bonds is 5. The molecule has 1 amide bonds. The Hall–Kier alpha value is -2.30. The van der Waals surface area contributed by atoms with E-state index in [1.165, 1.54) is 0 Å². The Labute approximate surface area is 143 Å². The van der Waals surface area contributed by atoms with E-state index in [4.69, 9.17) is 9.47 Å². The number of benzene rings is 1. The predicted octanol–water partition coefficient (Wildman–Crippen LogP) is 2.82. The molecule has 5 nitrogen and oxygen atoms in total. The molecule has 1 aromatic rings. The fourth-order valence-corrected chi connectivity index (χ4v) is 2.88. The third-order valence-corrected chi connectivity index (χ3v) is 4.14. The monoisotopic (exact) mass is 331 g/mol. The summed E-state index contributed by atoms with van der Waals surface area (Å²) >= 11 is 0. The smallest absolute Gasteiger partial charge is 0.310 e. The zero-order valence-electron chi connectivity index (χ0n) is 14.6.